The molecule has 96 valence electrons. The van der Waals surface area contributed by atoms with Crippen molar-refractivity contribution in [2.75, 3.05) is 0 Å². The van der Waals surface area contributed by atoms with Crippen LogP contribution in [-0.4, -0.2) is 11.1 Å². The van der Waals surface area contributed by atoms with Crippen LogP contribution in [0.15, 0.2) is 66.0 Å². The Bertz CT molecular complexity index is 619. The maximum atomic E-state index is 11.4. The molecular formula is C16H14O3. The molecule has 0 aliphatic carbocycles. The summed E-state index contributed by atoms with van der Waals surface area (Å²) in [6.07, 6.45) is 6.62. The lowest BCUT2D eigenvalue weighted by Crippen LogP contribution is -2.05. The summed E-state index contributed by atoms with van der Waals surface area (Å²) >= 11 is 0. The van der Waals surface area contributed by atoms with Crippen LogP contribution < -0.4 is 4.74 Å². The molecule has 0 saturated carbocycles. The topological polar surface area (TPSA) is 46.5 Å². The van der Waals surface area contributed by atoms with Crippen LogP contribution in [0.3, 0.4) is 0 Å². The van der Waals surface area contributed by atoms with Gasteiger partial charge in [-0.15, -0.1) is 0 Å². The summed E-state index contributed by atoms with van der Waals surface area (Å²) in [5.41, 5.74) is 1.44. The third-order valence-corrected chi connectivity index (χ3v) is 2.74. The lowest BCUT2D eigenvalue weighted by molar-refractivity contribution is -0.132. The molecule has 3 heteroatoms. The first-order chi connectivity index (χ1) is 9.17. The van der Waals surface area contributed by atoms with Crippen LogP contribution >= 0.6 is 0 Å². The van der Waals surface area contributed by atoms with Crippen molar-refractivity contribution in [1.82, 2.24) is 0 Å². The summed E-state index contributed by atoms with van der Waals surface area (Å²) in [7, 11) is 0. The highest BCUT2D eigenvalue weighted by molar-refractivity contribution is 5.99. The van der Waals surface area contributed by atoms with Gasteiger partial charge in [-0.3, -0.25) is 0 Å². The van der Waals surface area contributed by atoms with Gasteiger partial charge in [0, 0.05) is 11.1 Å². The van der Waals surface area contributed by atoms with E-state index in [1.807, 2.05) is 25.1 Å². The zero-order valence-electron chi connectivity index (χ0n) is 10.6. The number of carboxylic acid groups (broad SMARTS) is 1. The van der Waals surface area contributed by atoms with Gasteiger partial charge < -0.3 is 9.84 Å². The minimum absolute atomic E-state index is 0.193. The van der Waals surface area contributed by atoms with Gasteiger partial charge in [0.05, 0.1) is 5.57 Å². The number of aliphatic carboxylic acids is 1. The molecule has 0 radical (unpaired) electrons. The van der Waals surface area contributed by atoms with Crippen LogP contribution in [0.25, 0.3) is 6.08 Å². The molecule has 0 bridgehead atoms. The van der Waals surface area contributed by atoms with Crippen molar-refractivity contribution < 1.29 is 14.6 Å². The highest BCUT2D eigenvalue weighted by atomic mass is 16.5. The van der Waals surface area contributed by atoms with Gasteiger partial charge in [-0.05, 0) is 25.1 Å². The second-order valence-corrected chi connectivity index (χ2v) is 3.99. The van der Waals surface area contributed by atoms with Crippen LogP contribution in [0.2, 0.25) is 0 Å². The van der Waals surface area contributed by atoms with E-state index in [0.717, 1.165) is 5.56 Å². The van der Waals surface area contributed by atoms with Crippen molar-refractivity contribution in [2.24, 2.45) is 0 Å². The number of carbonyl (C=O) groups is 1. The predicted octanol–water partition coefficient (Wildman–Crippen LogP) is 3.56. The van der Waals surface area contributed by atoms with Gasteiger partial charge in [0.2, 0.25) is 0 Å². The Morgan fingerprint density at radius 2 is 2.11 bits per heavy atom. The van der Waals surface area contributed by atoms with Crippen molar-refractivity contribution in [3.63, 3.8) is 0 Å². The fourth-order valence-corrected chi connectivity index (χ4v) is 1.90. The molecule has 1 aromatic rings. The number of benzene rings is 1. The standard InChI is InChI=1S/C16H14O3/c1-3-7-12-13(16(17)18)10-11-8-5-6-9-15(11)19-14(12)4-2/h3-10H,2H2,1H3,(H,17,18)/b7-3-. The molecule has 0 amide bonds. The zero-order chi connectivity index (χ0) is 13.8. The second-order valence-electron chi connectivity index (χ2n) is 3.99. The predicted molar refractivity (Wildman–Crippen MR) is 74.7 cm³/mol. The van der Waals surface area contributed by atoms with Gasteiger partial charge in [0.25, 0.3) is 0 Å². The average Bonchev–Trinajstić information content (AvgIpc) is 2.56. The van der Waals surface area contributed by atoms with Gasteiger partial charge >= 0.3 is 5.97 Å². The number of fused-ring (bicyclic) bond motifs is 1. The number of allylic oxidation sites excluding steroid dienone is 3. The van der Waals surface area contributed by atoms with E-state index < -0.39 is 5.97 Å². The number of rotatable bonds is 3. The van der Waals surface area contributed by atoms with Crippen molar-refractivity contribution in [3.8, 4) is 5.75 Å². The first kappa shape index (κ1) is 12.9. The van der Waals surface area contributed by atoms with E-state index in [2.05, 4.69) is 6.58 Å². The number of para-hydroxylation sites is 1. The number of carboxylic acids is 1. The second kappa shape index (κ2) is 5.40. The van der Waals surface area contributed by atoms with Crippen LogP contribution in [0, 0.1) is 0 Å². The summed E-state index contributed by atoms with van der Waals surface area (Å²) in [6.45, 7) is 5.51. The minimum Gasteiger partial charge on any atom is -0.478 e. The summed E-state index contributed by atoms with van der Waals surface area (Å²) < 4.78 is 5.75. The van der Waals surface area contributed by atoms with Crippen LogP contribution in [-0.2, 0) is 4.79 Å². The SMILES string of the molecule is C=CC1=C(/C=C\C)C(C(=O)O)=Cc2ccccc2O1. The van der Waals surface area contributed by atoms with E-state index >= 15 is 0 Å². The van der Waals surface area contributed by atoms with Crippen molar-refractivity contribution in [2.45, 2.75) is 6.92 Å². The normalized spacial score (nSPS) is 14.5. The fraction of sp³-hybridized carbons (Fsp3) is 0.0625. The molecular weight excluding hydrogens is 240 g/mol. The highest BCUT2D eigenvalue weighted by Gasteiger charge is 2.20. The van der Waals surface area contributed by atoms with Crippen molar-refractivity contribution in [1.29, 1.82) is 0 Å². The summed E-state index contributed by atoms with van der Waals surface area (Å²) in [5.74, 6) is 0.0695. The van der Waals surface area contributed by atoms with Crippen LogP contribution in [0.1, 0.15) is 12.5 Å². The Kier molecular flexibility index (Phi) is 3.66. The number of ether oxygens (including phenoxy) is 1. The van der Waals surface area contributed by atoms with Gasteiger partial charge in [-0.25, -0.2) is 4.79 Å². The van der Waals surface area contributed by atoms with E-state index in [1.165, 1.54) is 6.08 Å². The van der Waals surface area contributed by atoms with E-state index in [-0.39, 0.29) is 5.57 Å². The van der Waals surface area contributed by atoms with Gasteiger partial charge in [-0.2, -0.15) is 0 Å². The first-order valence-electron chi connectivity index (χ1n) is 5.89. The Hall–Kier alpha value is -2.55. The Balaban J connectivity index is 2.71. The van der Waals surface area contributed by atoms with Crippen LogP contribution in [0.5, 0.6) is 5.75 Å². The monoisotopic (exact) mass is 254 g/mol. The molecule has 0 unspecified atom stereocenters. The molecule has 2 rings (SSSR count). The lowest BCUT2D eigenvalue weighted by atomic mass is 10.0. The molecule has 0 spiro atoms. The van der Waals surface area contributed by atoms with Gasteiger partial charge in [0.1, 0.15) is 11.5 Å². The fourth-order valence-electron chi connectivity index (χ4n) is 1.90. The van der Waals surface area contributed by atoms with E-state index in [4.69, 9.17) is 4.74 Å². The Morgan fingerprint density at radius 1 is 1.37 bits per heavy atom. The van der Waals surface area contributed by atoms with E-state index in [9.17, 15) is 9.90 Å². The number of hydrogen-bond donors (Lipinski definition) is 1. The highest BCUT2D eigenvalue weighted by Crippen LogP contribution is 2.31. The molecule has 1 aromatic carbocycles. The first-order valence-corrected chi connectivity index (χ1v) is 5.89. The third kappa shape index (κ3) is 2.50. The molecule has 1 aliphatic heterocycles. The molecule has 1 heterocycles. The lowest BCUT2D eigenvalue weighted by Gasteiger charge is -2.09. The molecule has 0 aromatic heterocycles. The molecule has 0 atom stereocenters. The zero-order valence-corrected chi connectivity index (χ0v) is 10.6. The smallest absolute Gasteiger partial charge is 0.336 e. The molecule has 1 aliphatic rings. The largest absolute Gasteiger partial charge is 0.478 e. The van der Waals surface area contributed by atoms with E-state index in [1.54, 1.807) is 24.3 Å². The maximum Gasteiger partial charge on any atom is 0.336 e. The quantitative estimate of drug-likeness (QED) is 0.897. The summed E-state index contributed by atoms with van der Waals surface area (Å²) in [5, 5.41) is 9.37. The number of hydrogen-bond acceptors (Lipinski definition) is 2. The molecule has 19 heavy (non-hydrogen) atoms. The summed E-state index contributed by atoms with van der Waals surface area (Å²) in [6, 6.07) is 7.30. The van der Waals surface area contributed by atoms with E-state index in [0.29, 0.717) is 17.1 Å². The molecule has 0 fully saturated rings. The maximum absolute atomic E-state index is 11.4. The Morgan fingerprint density at radius 3 is 2.74 bits per heavy atom. The molecule has 1 N–H and O–H groups in total. The average molecular weight is 254 g/mol. The molecule has 3 nitrogen and oxygen atoms in total. The van der Waals surface area contributed by atoms with Crippen molar-refractivity contribution in [3.05, 3.63) is 71.5 Å². The molecule has 0 saturated heterocycles. The Labute approximate surface area is 111 Å². The van der Waals surface area contributed by atoms with Gasteiger partial charge in [0.15, 0.2) is 0 Å². The minimum atomic E-state index is -0.993. The van der Waals surface area contributed by atoms with Crippen LogP contribution in [0.4, 0.5) is 0 Å². The van der Waals surface area contributed by atoms with Gasteiger partial charge in [-0.1, -0.05) is 36.9 Å². The van der Waals surface area contributed by atoms with Crippen molar-refractivity contribution >= 4 is 12.0 Å². The third-order valence-electron chi connectivity index (χ3n) is 2.74. The summed E-state index contributed by atoms with van der Waals surface area (Å²) in [4.78, 5) is 11.4.